The minimum absolute atomic E-state index is 0.146. The van der Waals surface area contributed by atoms with Gasteiger partial charge in [-0.15, -0.1) is 0 Å². The molecular weight excluding hydrogens is 344 g/mol. The topological polar surface area (TPSA) is 95.5 Å². The second-order valence-electron chi connectivity index (χ2n) is 6.40. The summed E-state index contributed by atoms with van der Waals surface area (Å²) < 4.78 is 0. The van der Waals surface area contributed by atoms with Crippen LogP contribution in [0.4, 0.5) is 5.69 Å². The molecule has 0 aromatic heterocycles. The van der Waals surface area contributed by atoms with E-state index >= 15 is 0 Å². The normalized spacial score (nSPS) is 19.9. The van der Waals surface area contributed by atoms with Crippen LogP contribution in [-0.2, 0) is 14.4 Å². The summed E-state index contributed by atoms with van der Waals surface area (Å²) in [6.07, 6.45) is 2.58. The lowest BCUT2D eigenvalue weighted by Crippen LogP contribution is -2.36. The Bertz CT molecular complexity index is 662. The van der Waals surface area contributed by atoms with Crippen molar-refractivity contribution in [2.24, 2.45) is 11.8 Å². The van der Waals surface area contributed by atoms with Crippen LogP contribution in [0.15, 0.2) is 18.2 Å². The Kier molecular flexibility index (Phi) is 6.82. The largest absolute Gasteiger partial charge is 0.481 e. The number of anilines is 1. The Balaban J connectivity index is 1.76. The predicted molar refractivity (Wildman–Crippen MR) is 95.5 cm³/mol. The van der Waals surface area contributed by atoms with E-state index < -0.39 is 11.9 Å². The molecule has 25 heavy (non-hydrogen) atoms. The highest BCUT2D eigenvalue weighted by molar-refractivity contribution is 6.31. The second kappa shape index (κ2) is 8.85. The zero-order valence-electron chi connectivity index (χ0n) is 14.2. The number of carbonyl (C=O) groups is 3. The molecule has 3 N–H and O–H groups in total. The highest BCUT2D eigenvalue weighted by Crippen LogP contribution is 2.29. The number of halogens is 1. The van der Waals surface area contributed by atoms with Gasteiger partial charge in [0.1, 0.15) is 0 Å². The van der Waals surface area contributed by atoms with E-state index in [1.54, 1.807) is 18.2 Å². The van der Waals surface area contributed by atoms with Crippen LogP contribution in [-0.4, -0.2) is 29.4 Å². The average molecular weight is 367 g/mol. The van der Waals surface area contributed by atoms with E-state index in [2.05, 4.69) is 10.6 Å². The van der Waals surface area contributed by atoms with Crippen LogP contribution in [0.25, 0.3) is 0 Å². The highest BCUT2D eigenvalue weighted by atomic mass is 35.5. The van der Waals surface area contributed by atoms with Crippen molar-refractivity contribution < 1.29 is 19.5 Å². The molecule has 1 aromatic carbocycles. The fourth-order valence-electron chi connectivity index (χ4n) is 3.05. The third-order valence-corrected chi connectivity index (χ3v) is 5.00. The summed E-state index contributed by atoms with van der Waals surface area (Å²) in [5.74, 6) is -1.95. The molecule has 6 nitrogen and oxygen atoms in total. The van der Waals surface area contributed by atoms with Crippen LogP contribution in [0.5, 0.6) is 0 Å². The zero-order chi connectivity index (χ0) is 18.4. The fourth-order valence-corrected chi connectivity index (χ4v) is 3.23. The van der Waals surface area contributed by atoms with Gasteiger partial charge < -0.3 is 15.7 Å². The lowest BCUT2D eigenvalue weighted by molar-refractivity contribution is -0.144. The summed E-state index contributed by atoms with van der Waals surface area (Å²) in [6.45, 7) is 2.04. The van der Waals surface area contributed by atoms with Crippen LogP contribution in [0, 0.1) is 18.8 Å². The number of amides is 2. The number of benzene rings is 1. The van der Waals surface area contributed by atoms with Crippen molar-refractivity contribution in [1.29, 1.82) is 0 Å². The number of carboxylic acid groups (broad SMARTS) is 1. The van der Waals surface area contributed by atoms with Crippen molar-refractivity contribution >= 4 is 35.1 Å². The fraction of sp³-hybridized carbons (Fsp3) is 0.500. The number of hydrogen-bond donors (Lipinski definition) is 3. The Labute approximate surface area is 151 Å². The molecule has 1 aromatic rings. The lowest BCUT2D eigenvalue weighted by atomic mass is 9.81. The van der Waals surface area contributed by atoms with E-state index in [0.717, 1.165) is 12.0 Å². The molecule has 1 aliphatic rings. The van der Waals surface area contributed by atoms with Crippen LogP contribution in [0.2, 0.25) is 5.02 Å². The molecular formula is C18H23ClN2O4. The molecule has 7 heteroatoms. The molecule has 2 rings (SSSR count). The van der Waals surface area contributed by atoms with Gasteiger partial charge in [0.15, 0.2) is 0 Å². The molecule has 0 saturated heterocycles. The van der Waals surface area contributed by atoms with E-state index in [0.29, 0.717) is 30.0 Å². The van der Waals surface area contributed by atoms with Gasteiger partial charge in [-0.2, -0.15) is 0 Å². The molecule has 136 valence electrons. The van der Waals surface area contributed by atoms with E-state index in [-0.39, 0.29) is 30.7 Å². The number of nitrogens with one attached hydrogen (secondary N) is 2. The summed E-state index contributed by atoms with van der Waals surface area (Å²) in [5, 5.41) is 15.2. The van der Waals surface area contributed by atoms with Crippen LogP contribution in [0.3, 0.4) is 0 Å². The molecule has 1 saturated carbocycles. The highest BCUT2D eigenvalue weighted by Gasteiger charge is 2.30. The van der Waals surface area contributed by atoms with Gasteiger partial charge >= 0.3 is 5.97 Å². The standard InChI is InChI=1S/C18H23ClN2O4/c1-11-14(19)6-3-7-15(11)21-16(22)8-9-20-17(23)12-4-2-5-13(10-12)18(24)25/h3,6-7,12-13H,2,4-5,8-10H2,1H3,(H,20,23)(H,21,22)(H,24,25). The number of carbonyl (C=O) groups excluding carboxylic acids is 2. The van der Waals surface area contributed by atoms with Crippen LogP contribution < -0.4 is 10.6 Å². The summed E-state index contributed by atoms with van der Waals surface area (Å²) in [4.78, 5) is 35.2. The number of rotatable bonds is 6. The maximum absolute atomic E-state index is 12.2. The summed E-state index contributed by atoms with van der Waals surface area (Å²) in [5.41, 5.74) is 1.45. The monoisotopic (exact) mass is 366 g/mol. The van der Waals surface area contributed by atoms with Crippen molar-refractivity contribution in [3.63, 3.8) is 0 Å². The molecule has 1 aliphatic carbocycles. The van der Waals surface area contributed by atoms with Crippen LogP contribution >= 0.6 is 11.6 Å². The number of carboxylic acids is 1. The van der Waals surface area contributed by atoms with Gasteiger partial charge in [0.25, 0.3) is 0 Å². The molecule has 0 aliphatic heterocycles. The first-order chi connectivity index (χ1) is 11.9. The quantitative estimate of drug-likeness (QED) is 0.721. The number of aliphatic carboxylic acids is 1. The Hall–Kier alpha value is -2.08. The maximum Gasteiger partial charge on any atom is 0.306 e. The molecule has 2 amide bonds. The predicted octanol–water partition coefficient (Wildman–Crippen LogP) is 2.98. The van der Waals surface area contributed by atoms with Gasteiger partial charge in [0.2, 0.25) is 11.8 Å². The Morgan fingerprint density at radius 1 is 1.24 bits per heavy atom. The molecule has 0 bridgehead atoms. The molecule has 2 atom stereocenters. The number of hydrogen-bond acceptors (Lipinski definition) is 3. The van der Waals surface area contributed by atoms with Crippen LogP contribution in [0.1, 0.15) is 37.7 Å². The molecule has 2 unspecified atom stereocenters. The lowest BCUT2D eigenvalue weighted by Gasteiger charge is -2.25. The molecule has 0 heterocycles. The van der Waals surface area contributed by atoms with Gasteiger partial charge in [-0.25, -0.2) is 0 Å². The second-order valence-corrected chi connectivity index (χ2v) is 6.81. The van der Waals surface area contributed by atoms with Crippen molar-refractivity contribution in [3.05, 3.63) is 28.8 Å². The SMILES string of the molecule is Cc1c(Cl)cccc1NC(=O)CCNC(=O)C1CCCC(C(=O)O)C1. The third-order valence-electron chi connectivity index (χ3n) is 4.59. The average Bonchev–Trinajstić information content (AvgIpc) is 2.59. The van der Waals surface area contributed by atoms with E-state index in [9.17, 15) is 14.4 Å². The van der Waals surface area contributed by atoms with Gasteiger partial charge in [-0.05, 0) is 43.9 Å². The van der Waals surface area contributed by atoms with E-state index in [1.165, 1.54) is 0 Å². The third kappa shape index (κ3) is 5.46. The summed E-state index contributed by atoms with van der Waals surface area (Å²) >= 11 is 6.01. The molecule has 0 spiro atoms. The molecule has 0 radical (unpaired) electrons. The molecule has 1 fully saturated rings. The smallest absolute Gasteiger partial charge is 0.306 e. The van der Waals surface area contributed by atoms with E-state index in [1.807, 2.05) is 6.92 Å². The Morgan fingerprint density at radius 2 is 1.96 bits per heavy atom. The first-order valence-corrected chi connectivity index (χ1v) is 8.81. The van der Waals surface area contributed by atoms with Crippen molar-refractivity contribution in [3.8, 4) is 0 Å². The first-order valence-electron chi connectivity index (χ1n) is 8.44. The first kappa shape index (κ1) is 19.2. The Morgan fingerprint density at radius 3 is 2.68 bits per heavy atom. The van der Waals surface area contributed by atoms with Crippen molar-refractivity contribution in [2.45, 2.75) is 39.0 Å². The van der Waals surface area contributed by atoms with Gasteiger partial charge in [0, 0.05) is 29.6 Å². The maximum atomic E-state index is 12.2. The van der Waals surface area contributed by atoms with E-state index in [4.69, 9.17) is 16.7 Å². The van der Waals surface area contributed by atoms with Gasteiger partial charge in [0.05, 0.1) is 5.92 Å². The minimum Gasteiger partial charge on any atom is -0.481 e. The van der Waals surface area contributed by atoms with Gasteiger partial charge in [-0.1, -0.05) is 24.1 Å². The van der Waals surface area contributed by atoms with Gasteiger partial charge in [-0.3, -0.25) is 14.4 Å². The summed E-state index contributed by atoms with van der Waals surface area (Å²) in [7, 11) is 0. The zero-order valence-corrected chi connectivity index (χ0v) is 14.9. The minimum atomic E-state index is -0.839. The van der Waals surface area contributed by atoms with Crippen molar-refractivity contribution in [2.75, 3.05) is 11.9 Å². The summed E-state index contributed by atoms with van der Waals surface area (Å²) in [6, 6.07) is 5.28. The van der Waals surface area contributed by atoms with Crippen molar-refractivity contribution in [1.82, 2.24) is 5.32 Å².